The third-order valence-electron chi connectivity index (χ3n) is 2.26. The lowest BCUT2D eigenvalue weighted by Gasteiger charge is -2.04. The van der Waals surface area contributed by atoms with Gasteiger partial charge in [0.1, 0.15) is 0 Å². The summed E-state index contributed by atoms with van der Waals surface area (Å²) in [6, 6.07) is 3.60. The number of benzene rings is 1. The Balaban J connectivity index is 2.95. The largest absolute Gasteiger partial charge is 0.277 e. The van der Waals surface area contributed by atoms with Crippen LogP contribution in [0.25, 0.3) is 10.8 Å². The molecule has 1 aromatic carbocycles. The van der Waals surface area contributed by atoms with E-state index in [1.807, 2.05) is 0 Å². The molecule has 0 unspecified atom stereocenters. The molecule has 0 aliphatic rings. The van der Waals surface area contributed by atoms with Crippen molar-refractivity contribution in [3.8, 4) is 0 Å². The lowest BCUT2D eigenvalue weighted by molar-refractivity contribution is -0.383. The Morgan fingerprint density at radius 1 is 1.24 bits per heavy atom. The van der Waals surface area contributed by atoms with Crippen LogP contribution in [0.4, 0.5) is 5.69 Å². The fourth-order valence-electron chi connectivity index (χ4n) is 1.56. The Kier molecular flexibility index (Phi) is 2.52. The summed E-state index contributed by atoms with van der Waals surface area (Å²) in [5.41, 5.74) is -0.185. The van der Waals surface area contributed by atoms with Crippen LogP contribution in [0.1, 0.15) is 0 Å². The third-order valence-corrected chi connectivity index (χ3v) is 3.23. The van der Waals surface area contributed by atoms with Gasteiger partial charge in [0.15, 0.2) is 0 Å². The van der Waals surface area contributed by atoms with E-state index in [9.17, 15) is 18.5 Å². The Labute approximate surface area is 96.1 Å². The number of nitro benzene ring substituents is 1. The van der Waals surface area contributed by atoms with E-state index in [4.69, 9.17) is 5.14 Å². The monoisotopic (exact) mass is 253 g/mol. The van der Waals surface area contributed by atoms with Crippen LogP contribution in [0, 0.1) is 10.1 Å². The van der Waals surface area contributed by atoms with Crippen molar-refractivity contribution in [2.24, 2.45) is 5.14 Å². The average Bonchev–Trinajstić information content (AvgIpc) is 2.26. The normalized spacial score (nSPS) is 11.6. The van der Waals surface area contributed by atoms with Crippen LogP contribution in [-0.4, -0.2) is 18.3 Å². The second-order valence-corrected chi connectivity index (χ2v) is 4.84. The molecule has 2 rings (SSSR count). The Morgan fingerprint density at radius 2 is 1.94 bits per heavy atom. The van der Waals surface area contributed by atoms with Crippen molar-refractivity contribution in [3.05, 3.63) is 40.7 Å². The highest BCUT2D eigenvalue weighted by Crippen LogP contribution is 2.29. The lowest BCUT2D eigenvalue weighted by atomic mass is 10.1. The number of hydrogen-bond acceptors (Lipinski definition) is 5. The van der Waals surface area contributed by atoms with Gasteiger partial charge in [-0.2, -0.15) is 0 Å². The molecule has 1 aromatic heterocycles. The van der Waals surface area contributed by atoms with Gasteiger partial charge in [-0.25, -0.2) is 13.6 Å². The van der Waals surface area contributed by atoms with Gasteiger partial charge in [-0.3, -0.25) is 15.1 Å². The summed E-state index contributed by atoms with van der Waals surface area (Å²) in [6.07, 6.45) is 2.59. The molecule has 0 aliphatic heterocycles. The number of nitrogens with two attached hydrogens (primary N) is 1. The summed E-state index contributed by atoms with van der Waals surface area (Å²) in [5, 5.41) is 16.1. The summed E-state index contributed by atoms with van der Waals surface area (Å²) in [6.45, 7) is 0. The second kappa shape index (κ2) is 3.75. The maximum atomic E-state index is 11.3. The zero-order valence-electron chi connectivity index (χ0n) is 8.40. The zero-order chi connectivity index (χ0) is 12.6. The fraction of sp³-hybridized carbons (Fsp3) is 0. The molecule has 0 bridgehead atoms. The first kappa shape index (κ1) is 11.4. The van der Waals surface area contributed by atoms with Crippen LogP contribution in [0.15, 0.2) is 35.5 Å². The first-order valence-electron chi connectivity index (χ1n) is 4.45. The maximum absolute atomic E-state index is 11.3. The van der Waals surface area contributed by atoms with E-state index in [-0.39, 0.29) is 21.4 Å². The summed E-state index contributed by atoms with van der Waals surface area (Å²) in [7, 11) is -3.93. The summed E-state index contributed by atoms with van der Waals surface area (Å²) in [5.74, 6) is 0. The van der Waals surface area contributed by atoms with Crippen molar-refractivity contribution in [1.29, 1.82) is 0 Å². The van der Waals surface area contributed by atoms with E-state index in [0.29, 0.717) is 0 Å². The molecule has 8 heteroatoms. The van der Waals surface area contributed by atoms with Gasteiger partial charge in [0.25, 0.3) is 5.69 Å². The summed E-state index contributed by atoms with van der Waals surface area (Å²) < 4.78 is 22.6. The molecule has 0 saturated carbocycles. The molecular weight excluding hydrogens is 246 g/mol. The number of fused-ring (bicyclic) bond motifs is 1. The number of hydrogen-bond donors (Lipinski definition) is 1. The standard InChI is InChI=1S/C9H7N3O4S/c10-17(15,16)9-2-1-8(12(13)14)6-3-4-11-5-7(6)9/h1-5H,(H2,10,15,16). The first-order chi connectivity index (χ1) is 7.91. The number of rotatable bonds is 2. The average molecular weight is 253 g/mol. The van der Waals surface area contributed by atoms with Gasteiger partial charge >= 0.3 is 0 Å². The van der Waals surface area contributed by atoms with Crippen LogP contribution in [0.2, 0.25) is 0 Å². The number of pyridine rings is 1. The van der Waals surface area contributed by atoms with Gasteiger partial charge in [0, 0.05) is 23.8 Å². The highest BCUT2D eigenvalue weighted by atomic mass is 32.2. The van der Waals surface area contributed by atoms with Crippen molar-refractivity contribution in [2.75, 3.05) is 0 Å². The molecule has 1 heterocycles. The number of sulfonamides is 1. The zero-order valence-corrected chi connectivity index (χ0v) is 9.22. The van der Waals surface area contributed by atoms with Crippen molar-refractivity contribution in [2.45, 2.75) is 4.90 Å². The molecule has 0 amide bonds. The minimum atomic E-state index is -3.93. The van der Waals surface area contributed by atoms with Crippen LogP contribution < -0.4 is 5.14 Å². The number of primary sulfonamides is 1. The lowest BCUT2D eigenvalue weighted by Crippen LogP contribution is -2.12. The summed E-state index contributed by atoms with van der Waals surface area (Å²) in [4.78, 5) is 13.8. The van der Waals surface area contributed by atoms with Crippen LogP contribution >= 0.6 is 0 Å². The highest BCUT2D eigenvalue weighted by molar-refractivity contribution is 7.89. The van der Waals surface area contributed by atoms with Gasteiger partial charge in [-0.05, 0) is 12.1 Å². The van der Waals surface area contributed by atoms with Crippen LogP contribution in [0.3, 0.4) is 0 Å². The van der Waals surface area contributed by atoms with E-state index >= 15 is 0 Å². The van der Waals surface area contributed by atoms with Gasteiger partial charge in [-0.1, -0.05) is 0 Å². The van der Waals surface area contributed by atoms with Crippen LogP contribution in [0.5, 0.6) is 0 Å². The fourth-order valence-corrected chi connectivity index (χ4v) is 2.28. The Hall–Kier alpha value is -2.06. The van der Waals surface area contributed by atoms with Crippen molar-refractivity contribution >= 4 is 26.5 Å². The number of aromatic nitrogens is 1. The van der Waals surface area contributed by atoms with Gasteiger partial charge in [0.05, 0.1) is 15.2 Å². The topological polar surface area (TPSA) is 116 Å². The summed E-state index contributed by atoms with van der Waals surface area (Å²) >= 11 is 0. The Bertz CT molecular complexity index is 711. The van der Waals surface area contributed by atoms with E-state index in [1.54, 1.807) is 0 Å². The molecular formula is C9H7N3O4S. The SMILES string of the molecule is NS(=O)(=O)c1ccc([N+](=O)[O-])c2ccncc12. The first-order valence-corrected chi connectivity index (χ1v) is 6.00. The van der Waals surface area contributed by atoms with E-state index < -0.39 is 14.9 Å². The predicted molar refractivity (Wildman–Crippen MR) is 59.8 cm³/mol. The van der Waals surface area contributed by atoms with E-state index in [2.05, 4.69) is 4.98 Å². The molecule has 88 valence electrons. The smallest absolute Gasteiger partial charge is 0.264 e. The highest BCUT2D eigenvalue weighted by Gasteiger charge is 2.19. The molecule has 0 spiro atoms. The van der Waals surface area contributed by atoms with Gasteiger partial charge < -0.3 is 0 Å². The maximum Gasteiger partial charge on any atom is 0.277 e. The number of nitrogens with zero attached hydrogens (tertiary/aromatic N) is 2. The Morgan fingerprint density at radius 3 is 2.53 bits per heavy atom. The van der Waals surface area contributed by atoms with Crippen molar-refractivity contribution in [3.63, 3.8) is 0 Å². The third kappa shape index (κ3) is 1.95. The molecule has 7 nitrogen and oxygen atoms in total. The van der Waals surface area contributed by atoms with Crippen LogP contribution in [-0.2, 0) is 10.0 Å². The molecule has 0 atom stereocenters. The van der Waals surface area contributed by atoms with E-state index in [1.165, 1.54) is 18.5 Å². The second-order valence-electron chi connectivity index (χ2n) is 3.31. The number of nitro groups is 1. The quantitative estimate of drug-likeness (QED) is 0.627. The molecule has 0 fully saturated rings. The molecule has 2 N–H and O–H groups in total. The molecule has 0 aliphatic carbocycles. The molecule has 0 saturated heterocycles. The molecule has 17 heavy (non-hydrogen) atoms. The van der Waals surface area contributed by atoms with E-state index in [0.717, 1.165) is 12.1 Å². The van der Waals surface area contributed by atoms with Gasteiger partial charge in [-0.15, -0.1) is 0 Å². The minimum absolute atomic E-state index is 0.143. The molecule has 2 aromatic rings. The predicted octanol–water partition coefficient (Wildman–Crippen LogP) is 0.790. The van der Waals surface area contributed by atoms with Crippen molar-refractivity contribution < 1.29 is 13.3 Å². The van der Waals surface area contributed by atoms with Crippen molar-refractivity contribution in [1.82, 2.24) is 4.98 Å². The molecule has 0 radical (unpaired) electrons. The minimum Gasteiger partial charge on any atom is -0.264 e. The van der Waals surface area contributed by atoms with Gasteiger partial charge in [0.2, 0.25) is 10.0 Å². The number of non-ortho nitro benzene ring substituents is 1.